The first-order chi connectivity index (χ1) is 21.9. The predicted octanol–water partition coefficient (Wildman–Crippen LogP) is 11.4. The maximum Gasteiger partial charge on any atom is 0.139 e. The maximum atomic E-state index is 6.80. The lowest BCUT2D eigenvalue weighted by atomic mass is 9.93. The van der Waals surface area contributed by atoms with Crippen LogP contribution in [0.25, 0.3) is 65.4 Å². The molecule has 0 amide bonds. The van der Waals surface area contributed by atoms with Gasteiger partial charge in [-0.2, -0.15) is 0 Å². The highest BCUT2D eigenvalue weighted by molar-refractivity contribution is 6.20. The summed E-state index contributed by atoms with van der Waals surface area (Å²) in [6.07, 6.45) is 5.07. The monoisotopic (exact) mass is 594 g/mol. The van der Waals surface area contributed by atoms with Gasteiger partial charge in [-0.3, -0.25) is 0 Å². The minimum Gasteiger partial charge on any atom is -0.456 e. The van der Waals surface area contributed by atoms with E-state index in [0.717, 1.165) is 71.1 Å². The summed E-state index contributed by atoms with van der Waals surface area (Å²) in [5.41, 5.74) is 7.72. The van der Waals surface area contributed by atoms with Gasteiger partial charge in [-0.1, -0.05) is 39.8 Å². The topological polar surface area (TPSA) is 32.8 Å². The molecule has 0 atom stereocenters. The van der Waals surface area contributed by atoms with Crippen LogP contribution in [0.4, 0.5) is 11.4 Å². The molecule has 0 unspecified atom stereocenters. The fraction of sp³-hybridized carbons (Fsp3) is 0.366. The van der Waals surface area contributed by atoms with Gasteiger partial charge in [0.1, 0.15) is 22.3 Å². The van der Waals surface area contributed by atoms with Crippen molar-refractivity contribution in [3.05, 3.63) is 72.3 Å². The zero-order valence-corrected chi connectivity index (χ0v) is 27.0. The van der Waals surface area contributed by atoms with Crippen LogP contribution in [0.2, 0.25) is 0 Å². The van der Waals surface area contributed by atoms with Crippen LogP contribution >= 0.6 is 0 Å². The van der Waals surface area contributed by atoms with E-state index in [1.807, 2.05) is 0 Å². The van der Waals surface area contributed by atoms with E-state index >= 15 is 0 Å². The molecule has 45 heavy (non-hydrogen) atoms. The smallest absolute Gasteiger partial charge is 0.139 e. The van der Waals surface area contributed by atoms with E-state index in [0.29, 0.717) is 0 Å². The number of furan rings is 2. The first-order valence-electron chi connectivity index (χ1n) is 17.1. The van der Waals surface area contributed by atoms with Crippen LogP contribution in [0.15, 0.2) is 75.6 Å². The molecule has 228 valence electrons. The van der Waals surface area contributed by atoms with Crippen LogP contribution in [-0.2, 0) is 0 Å². The Morgan fingerprint density at radius 1 is 0.556 bits per heavy atom. The van der Waals surface area contributed by atoms with E-state index in [2.05, 4.69) is 104 Å². The summed E-state index contributed by atoms with van der Waals surface area (Å²) in [5, 5.41) is 9.65. The number of hydrogen-bond acceptors (Lipinski definition) is 4. The van der Waals surface area contributed by atoms with Crippen molar-refractivity contribution < 1.29 is 8.83 Å². The van der Waals surface area contributed by atoms with E-state index < -0.39 is 0 Å². The van der Waals surface area contributed by atoms with E-state index in [1.54, 1.807) is 0 Å². The molecule has 0 spiro atoms. The van der Waals surface area contributed by atoms with Crippen molar-refractivity contribution in [3.8, 4) is 0 Å². The molecule has 0 radical (unpaired) electrons. The lowest BCUT2D eigenvalue weighted by Crippen LogP contribution is -2.32. The Bertz CT molecular complexity index is 2220. The number of benzene rings is 5. The van der Waals surface area contributed by atoms with Crippen LogP contribution in [0.3, 0.4) is 0 Å². The molecule has 0 aliphatic carbocycles. The fourth-order valence-electron chi connectivity index (χ4n) is 8.14. The highest BCUT2D eigenvalue weighted by Gasteiger charge is 2.23. The lowest BCUT2D eigenvalue weighted by molar-refractivity contribution is 0.438. The molecule has 0 N–H and O–H groups in total. The molecule has 0 saturated carbocycles. The molecule has 0 bridgehead atoms. The van der Waals surface area contributed by atoms with Crippen LogP contribution in [0.1, 0.15) is 64.9 Å². The summed E-state index contributed by atoms with van der Waals surface area (Å²) in [6, 6.07) is 25.2. The third kappa shape index (κ3) is 4.40. The molecule has 4 heteroatoms. The average Bonchev–Trinajstić information content (AvgIpc) is 3.58. The zero-order valence-electron chi connectivity index (χ0n) is 27.0. The molecule has 5 aromatic carbocycles. The van der Waals surface area contributed by atoms with Gasteiger partial charge in [0.05, 0.1) is 0 Å². The first kappa shape index (κ1) is 27.2. The summed E-state index contributed by atoms with van der Waals surface area (Å²) in [6.45, 7) is 13.8. The molecule has 4 nitrogen and oxygen atoms in total. The normalized spacial score (nSPS) is 17.4. The van der Waals surface area contributed by atoms with Gasteiger partial charge in [-0.05, 0) is 120 Å². The Labute approximate surface area is 264 Å². The predicted molar refractivity (Wildman–Crippen MR) is 191 cm³/mol. The Morgan fingerprint density at radius 3 is 1.64 bits per heavy atom. The van der Waals surface area contributed by atoms with E-state index in [4.69, 9.17) is 8.83 Å². The zero-order chi connectivity index (χ0) is 30.4. The van der Waals surface area contributed by atoms with Crippen LogP contribution in [0, 0.1) is 11.8 Å². The molecule has 2 aliphatic rings. The van der Waals surface area contributed by atoms with E-state index in [9.17, 15) is 0 Å². The van der Waals surface area contributed by atoms with Gasteiger partial charge in [0.15, 0.2) is 0 Å². The molecule has 2 aromatic heterocycles. The van der Waals surface area contributed by atoms with Crippen molar-refractivity contribution in [2.45, 2.75) is 59.3 Å². The highest BCUT2D eigenvalue weighted by atomic mass is 16.3. The van der Waals surface area contributed by atoms with Crippen molar-refractivity contribution in [2.75, 3.05) is 36.0 Å². The van der Waals surface area contributed by atoms with Gasteiger partial charge in [-0.15, -0.1) is 0 Å². The van der Waals surface area contributed by atoms with Crippen molar-refractivity contribution in [3.63, 3.8) is 0 Å². The van der Waals surface area contributed by atoms with Crippen molar-refractivity contribution in [1.82, 2.24) is 0 Å². The molecular weight excluding hydrogens is 552 g/mol. The second-order valence-corrected chi connectivity index (χ2v) is 14.5. The molecule has 9 rings (SSSR count). The number of fused-ring (bicyclic) bond motifs is 8. The van der Waals surface area contributed by atoms with Gasteiger partial charge in [0.2, 0.25) is 0 Å². The number of nitrogens with zero attached hydrogens (tertiary/aromatic N) is 2. The largest absolute Gasteiger partial charge is 0.456 e. The lowest BCUT2D eigenvalue weighted by Gasteiger charge is -2.32. The minimum atomic E-state index is 0.277. The maximum absolute atomic E-state index is 6.80. The molecular formula is C41H42N2O2. The average molecular weight is 595 g/mol. The quantitative estimate of drug-likeness (QED) is 0.204. The minimum absolute atomic E-state index is 0.277. The summed E-state index contributed by atoms with van der Waals surface area (Å²) in [7, 11) is 0. The van der Waals surface area contributed by atoms with E-state index in [-0.39, 0.29) is 5.92 Å². The van der Waals surface area contributed by atoms with Crippen LogP contribution < -0.4 is 9.80 Å². The summed E-state index contributed by atoms with van der Waals surface area (Å²) >= 11 is 0. The third-order valence-corrected chi connectivity index (χ3v) is 11.0. The first-order valence-corrected chi connectivity index (χ1v) is 17.1. The standard InChI is InChI=1S/C41H42N2O2/c1-24(2)39-40-35-20-28-6-8-32(43-15-11-26(4)12-16-43)18-30(28)22-37(35)44-38(40)23-34-33-19-27-5-7-31(42-13-9-25(3)10-14-42)17-29(27)21-36(33)45-41(34)39/h5-8,17-26H,9-16H2,1-4H3. The Morgan fingerprint density at radius 2 is 1.09 bits per heavy atom. The van der Waals surface area contributed by atoms with Gasteiger partial charge in [0, 0.05) is 64.7 Å². The van der Waals surface area contributed by atoms with Crippen molar-refractivity contribution >= 4 is 76.8 Å². The fourth-order valence-corrected chi connectivity index (χ4v) is 8.14. The second kappa shape index (κ2) is 10.2. The van der Waals surface area contributed by atoms with Crippen molar-refractivity contribution in [2.24, 2.45) is 11.8 Å². The number of rotatable bonds is 3. The SMILES string of the molecule is CC1CCN(c2ccc3cc4c(cc3c2)oc2c(C(C)C)c3c(cc24)oc2cc4cc(N5CCC(C)CC5)ccc4cc23)CC1. The number of anilines is 2. The van der Waals surface area contributed by atoms with Gasteiger partial charge >= 0.3 is 0 Å². The Hall–Kier alpha value is -4.18. The van der Waals surface area contributed by atoms with Crippen LogP contribution in [0.5, 0.6) is 0 Å². The second-order valence-electron chi connectivity index (χ2n) is 14.5. The van der Waals surface area contributed by atoms with Gasteiger partial charge in [-0.25, -0.2) is 0 Å². The van der Waals surface area contributed by atoms with Gasteiger partial charge < -0.3 is 18.6 Å². The van der Waals surface area contributed by atoms with Gasteiger partial charge in [0.25, 0.3) is 0 Å². The molecule has 2 saturated heterocycles. The molecule has 2 aliphatic heterocycles. The summed E-state index contributed by atoms with van der Waals surface area (Å²) in [5.74, 6) is 1.93. The summed E-state index contributed by atoms with van der Waals surface area (Å²) < 4.78 is 13.5. The van der Waals surface area contributed by atoms with Crippen LogP contribution in [-0.4, -0.2) is 26.2 Å². The number of hydrogen-bond donors (Lipinski definition) is 0. The molecule has 4 heterocycles. The molecule has 7 aromatic rings. The number of piperidine rings is 2. The Kier molecular flexibility index (Phi) is 6.14. The summed E-state index contributed by atoms with van der Waals surface area (Å²) in [4.78, 5) is 5.08. The highest BCUT2D eigenvalue weighted by Crippen LogP contribution is 2.45. The van der Waals surface area contributed by atoms with E-state index in [1.165, 1.54) is 74.9 Å². The van der Waals surface area contributed by atoms with Crippen molar-refractivity contribution in [1.29, 1.82) is 0 Å². The molecule has 2 fully saturated rings. The Balaban J connectivity index is 1.19. The third-order valence-electron chi connectivity index (χ3n) is 11.0.